The molecule has 0 spiro atoms. The lowest BCUT2D eigenvalue weighted by atomic mass is 10.3. The molecule has 0 aromatic heterocycles. The van der Waals surface area contributed by atoms with Crippen LogP contribution in [0.4, 0.5) is 0 Å². The number of rotatable bonds is 1. The molecule has 0 bridgehead atoms. The van der Waals surface area contributed by atoms with Crippen molar-refractivity contribution in [2.45, 2.75) is 6.92 Å². The highest BCUT2D eigenvalue weighted by atomic mass is 16.6. The van der Waals surface area contributed by atoms with Crippen molar-refractivity contribution < 1.29 is 4.92 Å². The van der Waals surface area contributed by atoms with Gasteiger partial charge in [-0.2, -0.15) is 0 Å². The van der Waals surface area contributed by atoms with Crippen LogP contribution in [0, 0.1) is 10.1 Å². The summed E-state index contributed by atoms with van der Waals surface area (Å²) in [4.78, 5) is 9.43. The fourth-order valence-electron chi connectivity index (χ4n) is 0.487. The van der Waals surface area contributed by atoms with Crippen LogP contribution < -0.4 is 5.43 Å². The first kappa shape index (κ1) is 5.74. The fourth-order valence-corrected chi connectivity index (χ4v) is 0.487. The van der Waals surface area contributed by atoms with E-state index in [1.54, 1.807) is 6.92 Å². The van der Waals surface area contributed by atoms with Gasteiger partial charge in [0.1, 0.15) is 0 Å². The minimum Gasteiger partial charge on any atom is -0.358 e. The van der Waals surface area contributed by atoms with Crippen molar-refractivity contribution in [3.8, 4) is 0 Å². The summed E-state index contributed by atoms with van der Waals surface area (Å²) in [5, 5.41) is 13.3. The monoisotopic (exact) mass is 126 g/mol. The molecule has 1 heterocycles. The zero-order valence-corrected chi connectivity index (χ0v) is 4.74. The van der Waals surface area contributed by atoms with Crippen molar-refractivity contribution in [1.82, 2.24) is 5.43 Å². The summed E-state index contributed by atoms with van der Waals surface area (Å²) in [5.41, 5.74) is 3.77. The van der Waals surface area contributed by atoms with E-state index >= 15 is 0 Å². The highest BCUT2D eigenvalue weighted by Gasteiger charge is 2.21. The Labute approximate surface area is 51.2 Å². The van der Waals surface area contributed by atoms with Gasteiger partial charge < -0.3 is 10.1 Å². The summed E-state index contributed by atoms with van der Waals surface area (Å²) in [5.74, 6) is -0.157. The molecule has 47 valence electrons. The van der Waals surface area contributed by atoms with Crippen molar-refractivity contribution in [1.29, 1.82) is 0 Å². The maximum absolute atomic E-state index is 9.99. The predicted octanol–water partition coefficient (Wildman–Crippen LogP) is 0.0984. The molecule has 1 aliphatic heterocycles. The van der Waals surface area contributed by atoms with Gasteiger partial charge in [-0.15, -0.1) is 0 Å². The van der Waals surface area contributed by atoms with Gasteiger partial charge in [0.05, 0.1) is 17.2 Å². The second-order valence-corrected chi connectivity index (χ2v) is 1.61. The first-order chi connectivity index (χ1) is 4.22. The number of hydrogen-bond acceptors (Lipinski definition) is 3. The number of hydrogen-bond donors (Lipinski definition) is 0. The molecule has 1 radical (unpaired) electrons. The van der Waals surface area contributed by atoms with Gasteiger partial charge in [-0.05, 0) is 16.9 Å². The van der Waals surface area contributed by atoms with E-state index in [0.29, 0.717) is 5.57 Å². The van der Waals surface area contributed by atoms with Gasteiger partial charge in [-0.3, -0.25) is 0 Å². The van der Waals surface area contributed by atoms with E-state index in [0.717, 1.165) is 0 Å². The zero-order valence-electron chi connectivity index (χ0n) is 4.74. The second kappa shape index (κ2) is 1.85. The Hall–Kier alpha value is -1.39. The fraction of sp³-hybridized carbons (Fsp3) is 0.250. The van der Waals surface area contributed by atoms with E-state index < -0.39 is 4.92 Å². The molecular weight excluding hydrogens is 122 g/mol. The summed E-state index contributed by atoms with van der Waals surface area (Å²) in [6.07, 6.45) is 1.36. The number of nitro groups is 1. The topological polar surface area (TPSA) is 69.6 Å². The van der Waals surface area contributed by atoms with Crippen molar-refractivity contribution in [3.05, 3.63) is 21.5 Å². The first-order valence-corrected chi connectivity index (χ1v) is 2.31. The van der Waals surface area contributed by atoms with Crippen LogP contribution in [-0.2, 0) is 0 Å². The highest BCUT2D eigenvalue weighted by Crippen LogP contribution is 2.05. The summed E-state index contributed by atoms with van der Waals surface area (Å²) >= 11 is 0. The number of allylic oxidation sites excluding steroid dienone is 1. The van der Waals surface area contributed by atoms with Crippen LogP contribution in [0.1, 0.15) is 6.92 Å². The van der Waals surface area contributed by atoms with Crippen LogP contribution >= 0.6 is 0 Å². The van der Waals surface area contributed by atoms with Crippen molar-refractivity contribution in [3.63, 3.8) is 0 Å². The molecule has 0 aromatic rings. The van der Waals surface area contributed by atoms with E-state index in [2.05, 4.69) is 10.5 Å². The summed E-state index contributed by atoms with van der Waals surface area (Å²) < 4.78 is 0. The molecule has 0 saturated heterocycles. The van der Waals surface area contributed by atoms with Gasteiger partial charge in [-0.25, -0.2) is 0 Å². The molecule has 1 aliphatic rings. The van der Waals surface area contributed by atoms with Crippen molar-refractivity contribution >= 4 is 6.21 Å². The Bertz CT molecular complexity index is 206. The Kier molecular flexibility index (Phi) is 1.18. The van der Waals surface area contributed by atoms with Crippen LogP contribution in [0.5, 0.6) is 0 Å². The van der Waals surface area contributed by atoms with Crippen LogP contribution in [0.2, 0.25) is 0 Å². The first-order valence-electron chi connectivity index (χ1n) is 2.31. The van der Waals surface area contributed by atoms with Crippen LogP contribution in [-0.4, -0.2) is 11.1 Å². The lowest BCUT2D eigenvalue weighted by molar-refractivity contribution is -0.432. The standard InChI is InChI=1S/C4H4N3O2/c1-3-2-5-6-4(3)7(8)9/h2H,1H3. The van der Waals surface area contributed by atoms with Gasteiger partial charge >= 0.3 is 5.82 Å². The summed E-state index contributed by atoms with van der Waals surface area (Å²) in [6.45, 7) is 1.60. The molecule has 0 aromatic carbocycles. The summed E-state index contributed by atoms with van der Waals surface area (Å²) in [7, 11) is 0. The largest absolute Gasteiger partial charge is 0.395 e. The van der Waals surface area contributed by atoms with Gasteiger partial charge in [0, 0.05) is 0 Å². The molecule has 0 N–H and O–H groups in total. The van der Waals surface area contributed by atoms with Crippen LogP contribution in [0.3, 0.4) is 0 Å². The smallest absolute Gasteiger partial charge is 0.358 e. The third kappa shape index (κ3) is 0.883. The lowest BCUT2D eigenvalue weighted by Gasteiger charge is -1.88. The van der Waals surface area contributed by atoms with E-state index in [9.17, 15) is 10.1 Å². The minimum absolute atomic E-state index is 0.157. The van der Waals surface area contributed by atoms with E-state index in [1.165, 1.54) is 6.21 Å². The maximum atomic E-state index is 9.99. The van der Waals surface area contributed by atoms with Gasteiger partial charge in [0.25, 0.3) is 0 Å². The average molecular weight is 126 g/mol. The molecule has 0 aliphatic carbocycles. The Morgan fingerprint density at radius 2 is 2.44 bits per heavy atom. The lowest BCUT2D eigenvalue weighted by Crippen LogP contribution is -2.05. The van der Waals surface area contributed by atoms with Gasteiger partial charge in [0.15, 0.2) is 0 Å². The highest BCUT2D eigenvalue weighted by molar-refractivity contribution is 5.79. The molecule has 9 heavy (non-hydrogen) atoms. The van der Waals surface area contributed by atoms with E-state index in [1.807, 2.05) is 0 Å². The molecule has 5 heteroatoms. The predicted molar refractivity (Wildman–Crippen MR) is 30.3 cm³/mol. The summed E-state index contributed by atoms with van der Waals surface area (Å²) in [6, 6.07) is 0. The van der Waals surface area contributed by atoms with E-state index in [-0.39, 0.29) is 5.82 Å². The van der Waals surface area contributed by atoms with Crippen molar-refractivity contribution in [2.24, 2.45) is 5.10 Å². The molecule has 1 rings (SSSR count). The normalized spacial score (nSPS) is 16.1. The maximum Gasteiger partial charge on any atom is 0.395 e. The average Bonchev–Trinajstić information content (AvgIpc) is 2.13. The Balaban J connectivity index is 2.85. The van der Waals surface area contributed by atoms with Crippen molar-refractivity contribution in [2.75, 3.05) is 0 Å². The molecule has 0 amide bonds. The Morgan fingerprint density at radius 1 is 1.78 bits per heavy atom. The van der Waals surface area contributed by atoms with Crippen LogP contribution in [0.15, 0.2) is 16.5 Å². The quantitative estimate of drug-likeness (QED) is 0.369. The third-order valence-electron chi connectivity index (χ3n) is 0.929. The van der Waals surface area contributed by atoms with E-state index in [4.69, 9.17) is 0 Å². The molecule has 0 unspecified atom stereocenters. The minimum atomic E-state index is -0.553. The third-order valence-corrected chi connectivity index (χ3v) is 0.929. The van der Waals surface area contributed by atoms with Gasteiger partial charge in [-0.1, -0.05) is 0 Å². The second-order valence-electron chi connectivity index (χ2n) is 1.61. The zero-order chi connectivity index (χ0) is 6.85. The molecular formula is C4H4N3O2. The molecule has 0 saturated carbocycles. The number of nitrogens with zero attached hydrogens (tertiary/aromatic N) is 3. The van der Waals surface area contributed by atoms with Gasteiger partial charge in [0.2, 0.25) is 0 Å². The molecule has 5 nitrogen and oxygen atoms in total. The molecule has 0 atom stereocenters. The van der Waals surface area contributed by atoms with Crippen LogP contribution in [0.25, 0.3) is 0 Å². The molecule has 0 fully saturated rings. The Morgan fingerprint density at radius 3 is 2.67 bits per heavy atom. The SMILES string of the molecule is CC1=C([N+](=O)[O-])[N]N=C1.